The van der Waals surface area contributed by atoms with E-state index < -0.39 is 6.04 Å². The summed E-state index contributed by atoms with van der Waals surface area (Å²) in [6, 6.07) is 5.97. The standard InChI is InChI=1S/C16H17FN6OS.ClH/c1-18-14(11-8-19-23(2)9-11)15(24)20-16-22-21-13(25-16)7-10-5-3-4-6-12(10)17;/h3-6,8-9,14,18H,7H2,1-2H3,(H,20,22,24);1H. The fraction of sp³-hybridized carbons (Fsp3) is 0.250. The lowest BCUT2D eigenvalue weighted by Gasteiger charge is -2.12. The molecule has 1 unspecified atom stereocenters. The molecule has 2 aromatic heterocycles. The van der Waals surface area contributed by atoms with E-state index in [4.69, 9.17) is 0 Å². The van der Waals surface area contributed by atoms with Crippen molar-refractivity contribution in [3.05, 3.63) is 58.6 Å². The number of likely N-dealkylation sites (N-methyl/N-ethyl adjacent to an activating group) is 1. The fourth-order valence-electron chi connectivity index (χ4n) is 2.40. The summed E-state index contributed by atoms with van der Waals surface area (Å²) in [5.41, 5.74) is 1.29. The van der Waals surface area contributed by atoms with Crippen LogP contribution in [-0.2, 0) is 18.3 Å². The minimum atomic E-state index is -0.549. The minimum Gasteiger partial charge on any atom is -0.305 e. The first kappa shape index (κ1) is 20.0. The highest BCUT2D eigenvalue weighted by Crippen LogP contribution is 2.21. The number of aromatic nitrogens is 4. The van der Waals surface area contributed by atoms with Crippen LogP contribution in [0.25, 0.3) is 0 Å². The molecule has 0 aliphatic carbocycles. The van der Waals surface area contributed by atoms with Gasteiger partial charge >= 0.3 is 0 Å². The van der Waals surface area contributed by atoms with E-state index in [1.165, 1.54) is 17.4 Å². The van der Waals surface area contributed by atoms with Crippen molar-refractivity contribution in [2.24, 2.45) is 7.05 Å². The summed E-state index contributed by atoms with van der Waals surface area (Å²) in [6.07, 6.45) is 3.73. The normalized spacial score (nSPS) is 11.7. The molecule has 3 rings (SSSR count). The number of amides is 1. The second-order valence-corrected chi connectivity index (χ2v) is 6.49. The van der Waals surface area contributed by atoms with E-state index in [0.717, 1.165) is 5.56 Å². The Bertz CT molecular complexity index is 883. The summed E-state index contributed by atoms with van der Waals surface area (Å²) >= 11 is 1.22. The van der Waals surface area contributed by atoms with Gasteiger partial charge in [0.05, 0.1) is 6.20 Å². The van der Waals surface area contributed by atoms with Gasteiger partial charge < -0.3 is 5.32 Å². The van der Waals surface area contributed by atoms with Gasteiger partial charge in [-0.2, -0.15) is 5.10 Å². The molecule has 1 aromatic carbocycles. The van der Waals surface area contributed by atoms with Crippen molar-refractivity contribution in [1.82, 2.24) is 25.3 Å². The molecule has 0 radical (unpaired) electrons. The van der Waals surface area contributed by atoms with Gasteiger partial charge in [-0.1, -0.05) is 29.5 Å². The first-order chi connectivity index (χ1) is 12.1. The third-order valence-corrected chi connectivity index (χ3v) is 4.44. The lowest BCUT2D eigenvalue weighted by Crippen LogP contribution is -2.30. The molecule has 10 heteroatoms. The molecule has 3 aromatic rings. The highest BCUT2D eigenvalue weighted by atomic mass is 35.5. The first-order valence-electron chi connectivity index (χ1n) is 7.59. The molecule has 0 saturated carbocycles. The smallest absolute Gasteiger partial charge is 0.248 e. The zero-order valence-corrected chi connectivity index (χ0v) is 15.8. The number of carbonyl (C=O) groups excluding carboxylic acids is 1. The third-order valence-electron chi connectivity index (χ3n) is 3.61. The molecule has 0 fully saturated rings. The van der Waals surface area contributed by atoms with Crippen LogP contribution in [0.2, 0.25) is 0 Å². The van der Waals surface area contributed by atoms with Crippen molar-refractivity contribution in [3.63, 3.8) is 0 Å². The Morgan fingerprint density at radius 1 is 1.35 bits per heavy atom. The fourth-order valence-corrected chi connectivity index (χ4v) is 3.16. The summed E-state index contributed by atoms with van der Waals surface area (Å²) in [5, 5.41) is 18.7. The number of anilines is 1. The van der Waals surface area contributed by atoms with Gasteiger partial charge in [0.15, 0.2) is 0 Å². The molecule has 7 nitrogen and oxygen atoms in total. The molecule has 2 N–H and O–H groups in total. The highest BCUT2D eigenvalue weighted by Gasteiger charge is 2.21. The average molecular weight is 397 g/mol. The number of halogens is 2. The van der Waals surface area contributed by atoms with Crippen LogP contribution in [0, 0.1) is 5.82 Å². The lowest BCUT2D eigenvalue weighted by atomic mass is 10.1. The maximum atomic E-state index is 13.7. The number of hydrogen-bond acceptors (Lipinski definition) is 6. The average Bonchev–Trinajstić information content (AvgIpc) is 3.20. The van der Waals surface area contributed by atoms with Gasteiger partial charge in [-0.05, 0) is 18.7 Å². The van der Waals surface area contributed by atoms with Crippen LogP contribution in [-0.4, -0.2) is 32.9 Å². The maximum absolute atomic E-state index is 13.7. The van der Waals surface area contributed by atoms with E-state index in [1.807, 2.05) is 0 Å². The molecule has 2 heterocycles. The third kappa shape index (κ3) is 4.63. The van der Waals surface area contributed by atoms with Crippen LogP contribution in [0.1, 0.15) is 22.2 Å². The monoisotopic (exact) mass is 396 g/mol. The van der Waals surface area contributed by atoms with E-state index in [-0.39, 0.29) is 24.1 Å². The van der Waals surface area contributed by atoms with Gasteiger partial charge in [-0.15, -0.1) is 22.6 Å². The van der Waals surface area contributed by atoms with Gasteiger partial charge in [0.1, 0.15) is 16.9 Å². The number of aryl methyl sites for hydroxylation is 1. The SMILES string of the molecule is CNC(C(=O)Nc1nnc(Cc2ccccc2F)s1)c1cnn(C)c1.Cl. The van der Waals surface area contributed by atoms with Crippen molar-refractivity contribution in [2.45, 2.75) is 12.5 Å². The molecule has 0 aliphatic heterocycles. The molecule has 0 aliphatic rings. The molecule has 0 bridgehead atoms. The Hall–Kier alpha value is -2.36. The second kappa shape index (κ2) is 8.84. The van der Waals surface area contributed by atoms with E-state index in [9.17, 15) is 9.18 Å². The molecule has 1 amide bonds. The molecular formula is C16H18ClFN6OS. The van der Waals surface area contributed by atoms with Crippen molar-refractivity contribution >= 4 is 34.8 Å². The van der Waals surface area contributed by atoms with E-state index in [0.29, 0.717) is 22.1 Å². The Morgan fingerprint density at radius 2 is 2.12 bits per heavy atom. The molecule has 0 saturated heterocycles. The predicted molar refractivity (Wildman–Crippen MR) is 100 cm³/mol. The molecule has 1 atom stereocenters. The Balaban J connectivity index is 0.00000243. The zero-order valence-electron chi connectivity index (χ0n) is 14.1. The Labute approximate surface area is 160 Å². The van der Waals surface area contributed by atoms with Crippen molar-refractivity contribution in [2.75, 3.05) is 12.4 Å². The second-order valence-electron chi connectivity index (χ2n) is 5.43. The van der Waals surface area contributed by atoms with Gasteiger partial charge in [0, 0.05) is 25.2 Å². The number of nitrogens with one attached hydrogen (secondary N) is 2. The van der Waals surface area contributed by atoms with Crippen LogP contribution in [0.15, 0.2) is 36.7 Å². The number of benzene rings is 1. The lowest BCUT2D eigenvalue weighted by molar-refractivity contribution is -0.118. The van der Waals surface area contributed by atoms with Crippen LogP contribution >= 0.6 is 23.7 Å². The quantitative estimate of drug-likeness (QED) is 0.668. The van der Waals surface area contributed by atoms with Crippen LogP contribution in [0.3, 0.4) is 0 Å². The van der Waals surface area contributed by atoms with Crippen LogP contribution < -0.4 is 10.6 Å². The number of rotatable bonds is 6. The van der Waals surface area contributed by atoms with Gasteiger partial charge in [-0.3, -0.25) is 14.8 Å². The summed E-state index contributed by atoms with van der Waals surface area (Å²) in [6.45, 7) is 0. The number of hydrogen-bond donors (Lipinski definition) is 2. The summed E-state index contributed by atoms with van der Waals surface area (Å²) in [5.74, 6) is -0.542. The molecule has 26 heavy (non-hydrogen) atoms. The van der Waals surface area contributed by atoms with E-state index in [2.05, 4.69) is 25.9 Å². The van der Waals surface area contributed by atoms with Gasteiger partial charge in [-0.25, -0.2) is 4.39 Å². The number of nitrogens with zero attached hydrogens (tertiary/aromatic N) is 4. The van der Waals surface area contributed by atoms with Crippen molar-refractivity contribution in [1.29, 1.82) is 0 Å². The van der Waals surface area contributed by atoms with Crippen LogP contribution in [0.5, 0.6) is 0 Å². The van der Waals surface area contributed by atoms with E-state index >= 15 is 0 Å². The Kier molecular flexibility index (Phi) is 6.78. The molecule has 138 valence electrons. The Morgan fingerprint density at radius 3 is 2.77 bits per heavy atom. The summed E-state index contributed by atoms with van der Waals surface area (Å²) in [4.78, 5) is 12.4. The summed E-state index contributed by atoms with van der Waals surface area (Å²) < 4.78 is 15.3. The van der Waals surface area contributed by atoms with Crippen LogP contribution in [0.4, 0.5) is 9.52 Å². The highest BCUT2D eigenvalue weighted by molar-refractivity contribution is 7.15. The topological polar surface area (TPSA) is 84.7 Å². The number of carbonyl (C=O) groups is 1. The molecular weight excluding hydrogens is 379 g/mol. The predicted octanol–water partition coefficient (Wildman–Crippen LogP) is 2.32. The maximum Gasteiger partial charge on any atom is 0.248 e. The first-order valence-corrected chi connectivity index (χ1v) is 8.41. The largest absolute Gasteiger partial charge is 0.305 e. The van der Waals surface area contributed by atoms with Crippen molar-refractivity contribution < 1.29 is 9.18 Å². The van der Waals surface area contributed by atoms with Crippen molar-refractivity contribution in [3.8, 4) is 0 Å². The zero-order chi connectivity index (χ0) is 17.8. The van der Waals surface area contributed by atoms with Gasteiger partial charge in [0.25, 0.3) is 0 Å². The molecule has 0 spiro atoms. The van der Waals surface area contributed by atoms with Gasteiger partial charge in [0.2, 0.25) is 11.0 Å². The van der Waals surface area contributed by atoms with E-state index in [1.54, 1.807) is 49.4 Å². The summed E-state index contributed by atoms with van der Waals surface area (Å²) in [7, 11) is 3.48. The minimum absolute atomic E-state index is 0.